The van der Waals surface area contributed by atoms with Gasteiger partial charge in [0.05, 0.1) is 11.4 Å². The third-order valence-electron chi connectivity index (χ3n) is 4.54. The lowest BCUT2D eigenvalue weighted by molar-refractivity contribution is 0.481. The first-order valence-electron chi connectivity index (χ1n) is 8.03. The second-order valence-electron chi connectivity index (χ2n) is 6.07. The monoisotopic (exact) mass is 310 g/mol. The Morgan fingerprint density at radius 3 is 2.96 bits per heavy atom. The van der Waals surface area contributed by atoms with Crippen molar-refractivity contribution in [3.05, 3.63) is 65.1 Å². The first-order valence-corrected chi connectivity index (χ1v) is 8.03. The maximum absolute atomic E-state index is 13.8. The summed E-state index contributed by atoms with van der Waals surface area (Å²) in [6.07, 6.45) is 5.79. The van der Waals surface area contributed by atoms with Crippen LogP contribution in [0.1, 0.15) is 41.5 Å². The Balaban J connectivity index is 1.66. The number of hydrogen-bond acceptors (Lipinski definition) is 3. The van der Waals surface area contributed by atoms with Crippen LogP contribution in [0, 0.1) is 5.95 Å². The molecule has 1 aliphatic carbocycles. The van der Waals surface area contributed by atoms with Gasteiger partial charge >= 0.3 is 0 Å². The number of nitrogens with one attached hydrogen (secondary N) is 1. The van der Waals surface area contributed by atoms with Crippen LogP contribution in [0.3, 0.4) is 0 Å². The number of fused-ring (bicyclic) bond motifs is 2. The lowest BCUT2D eigenvalue weighted by Crippen LogP contribution is -2.23. The molecule has 1 atom stereocenters. The van der Waals surface area contributed by atoms with Gasteiger partial charge in [0.25, 0.3) is 0 Å². The van der Waals surface area contributed by atoms with Gasteiger partial charge in [-0.25, -0.2) is 4.98 Å². The minimum Gasteiger partial charge on any atom is -0.312 e. The molecule has 0 fully saturated rings. The molecule has 0 spiro atoms. The summed E-state index contributed by atoms with van der Waals surface area (Å²) >= 11 is 0. The highest BCUT2D eigenvalue weighted by atomic mass is 19.1. The molecule has 0 saturated carbocycles. The van der Waals surface area contributed by atoms with Crippen LogP contribution in [0.5, 0.6) is 0 Å². The van der Waals surface area contributed by atoms with E-state index in [-0.39, 0.29) is 5.95 Å². The van der Waals surface area contributed by atoms with Gasteiger partial charge in [0.15, 0.2) is 5.95 Å². The Hall–Kier alpha value is -2.27. The Morgan fingerprint density at radius 1 is 1.22 bits per heavy atom. The number of pyridine rings is 2. The maximum Gasteiger partial charge on any atom is 0.199 e. The van der Waals surface area contributed by atoms with Crippen molar-refractivity contribution in [2.24, 2.45) is 0 Å². The van der Waals surface area contributed by atoms with E-state index in [4.69, 9.17) is 4.98 Å². The second kappa shape index (κ2) is 5.74. The van der Waals surface area contributed by atoms with E-state index < -0.39 is 0 Å². The van der Waals surface area contributed by atoms with E-state index in [1.54, 1.807) is 12.3 Å². The minimum absolute atomic E-state index is 0.296. The van der Waals surface area contributed by atoms with Gasteiger partial charge in [-0.2, -0.15) is 4.39 Å². The fraction of sp³-hybridized carbons (Fsp3) is 0.333. The summed E-state index contributed by atoms with van der Waals surface area (Å²) in [6, 6.07) is 9.50. The smallest absolute Gasteiger partial charge is 0.199 e. The Bertz CT molecular complexity index is 855. The van der Waals surface area contributed by atoms with Gasteiger partial charge in [0.1, 0.15) is 5.65 Å². The Kier molecular flexibility index (Phi) is 3.58. The first kappa shape index (κ1) is 14.3. The van der Waals surface area contributed by atoms with Crippen molar-refractivity contribution in [1.29, 1.82) is 0 Å². The zero-order valence-corrected chi connectivity index (χ0v) is 13.1. The molecule has 1 N–H and O–H groups in total. The van der Waals surface area contributed by atoms with Gasteiger partial charge in [-0.1, -0.05) is 12.1 Å². The molecule has 23 heavy (non-hydrogen) atoms. The second-order valence-corrected chi connectivity index (χ2v) is 6.07. The fourth-order valence-corrected chi connectivity index (χ4v) is 3.37. The number of aryl methyl sites for hydroxylation is 1. The van der Waals surface area contributed by atoms with E-state index in [1.807, 2.05) is 13.1 Å². The number of imidazole rings is 1. The lowest BCUT2D eigenvalue weighted by Gasteiger charge is -2.24. The van der Waals surface area contributed by atoms with Crippen molar-refractivity contribution in [2.45, 2.75) is 31.7 Å². The van der Waals surface area contributed by atoms with Crippen LogP contribution >= 0.6 is 0 Å². The van der Waals surface area contributed by atoms with Crippen LogP contribution < -0.4 is 5.32 Å². The van der Waals surface area contributed by atoms with Gasteiger partial charge < -0.3 is 5.32 Å². The quantitative estimate of drug-likeness (QED) is 0.756. The summed E-state index contributed by atoms with van der Waals surface area (Å²) in [5.41, 5.74) is 4.94. The molecule has 3 heterocycles. The van der Waals surface area contributed by atoms with Crippen LogP contribution in [-0.2, 0) is 12.8 Å². The van der Waals surface area contributed by atoms with Crippen LogP contribution in [0.15, 0.2) is 36.5 Å². The summed E-state index contributed by atoms with van der Waals surface area (Å²) in [5, 5.41) is 3.35. The molecular formula is C18H19FN4. The molecule has 0 saturated heterocycles. The molecule has 118 valence electrons. The summed E-state index contributed by atoms with van der Waals surface area (Å²) in [4.78, 5) is 9.34. The lowest BCUT2D eigenvalue weighted by atomic mass is 9.91. The third-order valence-corrected chi connectivity index (χ3v) is 4.54. The SMILES string of the molecule is CNC1CCCc2ccc(Cc3cn4c(F)cccc4n3)nc21. The van der Waals surface area contributed by atoms with Gasteiger partial charge in [-0.15, -0.1) is 0 Å². The topological polar surface area (TPSA) is 42.2 Å². The highest BCUT2D eigenvalue weighted by Gasteiger charge is 2.20. The fourth-order valence-electron chi connectivity index (χ4n) is 3.37. The Labute approximate surface area is 134 Å². The van der Waals surface area contributed by atoms with E-state index in [9.17, 15) is 4.39 Å². The van der Waals surface area contributed by atoms with Gasteiger partial charge in [0.2, 0.25) is 0 Å². The maximum atomic E-state index is 13.8. The summed E-state index contributed by atoms with van der Waals surface area (Å²) < 4.78 is 15.2. The van der Waals surface area contributed by atoms with E-state index in [0.717, 1.165) is 29.9 Å². The summed E-state index contributed by atoms with van der Waals surface area (Å²) in [5.74, 6) is -0.296. The van der Waals surface area contributed by atoms with Crippen LogP contribution in [0.4, 0.5) is 4.39 Å². The molecule has 1 aliphatic rings. The average Bonchev–Trinajstić information content (AvgIpc) is 2.98. The van der Waals surface area contributed by atoms with Crippen molar-refractivity contribution in [3.8, 4) is 0 Å². The van der Waals surface area contributed by atoms with Crippen LogP contribution in [-0.4, -0.2) is 21.4 Å². The summed E-state index contributed by atoms with van der Waals surface area (Å²) in [7, 11) is 1.99. The minimum atomic E-state index is -0.296. The molecule has 3 aromatic rings. The van der Waals surface area contributed by atoms with E-state index in [2.05, 4.69) is 22.4 Å². The largest absolute Gasteiger partial charge is 0.312 e. The highest BCUT2D eigenvalue weighted by Crippen LogP contribution is 2.28. The van der Waals surface area contributed by atoms with Crippen molar-refractivity contribution in [2.75, 3.05) is 7.05 Å². The Morgan fingerprint density at radius 2 is 2.13 bits per heavy atom. The molecule has 5 heteroatoms. The molecule has 0 bridgehead atoms. The average molecular weight is 310 g/mol. The molecule has 3 aromatic heterocycles. The van der Waals surface area contributed by atoms with Crippen molar-refractivity contribution in [1.82, 2.24) is 19.7 Å². The van der Waals surface area contributed by atoms with E-state index in [1.165, 1.54) is 22.5 Å². The molecule has 0 amide bonds. The number of rotatable bonds is 3. The van der Waals surface area contributed by atoms with Gasteiger partial charge in [0, 0.05) is 24.4 Å². The summed E-state index contributed by atoms with van der Waals surface area (Å²) in [6.45, 7) is 0. The van der Waals surface area contributed by atoms with E-state index in [0.29, 0.717) is 18.1 Å². The van der Waals surface area contributed by atoms with Crippen LogP contribution in [0.2, 0.25) is 0 Å². The van der Waals surface area contributed by atoms with Crippen LogP contribution in [0.25, 0.3) is 5.65 Å². The number of nitrogens with zero attached hydrogens (tertiary/aromatic N) is 3. The van der Waals surface area contributed by atoms with Gasteiger partial charge in [-0.05, 0) is 50.1 Å². The third kappa shape index (κ3) is 2.61. The molecular weight excluding hydrogens is 291 g/mol. The molecule has 0 aliphatic heterocycles. The molecule has 4 rings (SSSR count). The van der Waals surface area contributed by atoms with E-state index >= 15 is 0 Å². The molecule has 0 radical (unpaired) electrons. The number of aromatic nitrogens is 3. The normalized spacial score (nSPS) is 17.4. The highest BCUT2D eigenvalue weighted by molar-refractivity contribution is 5.40. The molecule has 4 nitrogen and oxygen atoms in total. The zero-order valence-electron chi connectivity index (χ0n) is 13.1. The number of hydrogen-bond donors (Lipinski definition) is 1. The zero-order chi connectivity index (χ0) is 15.8. The molecule has 1 unspecified atom stereocenters. The van der Waals surface area contributed by atoms with Gasteiger partial charge in [-0.3, -0.25) is 9.38 Å². The standard InChI is InChI=1S/C18H19FN4/c1-20-15-5-2-4-12-8-9-13(22-18(12)15)10-14-11-23-16(19)6-3-7-17(23)21-14/h3,6-9,11,15,20H,2,4-5,10H2,1H3. The number of halogens is 1. The predicted octanol–water partition coefficient (Wildman–Crippen LogP) is 3.06. The van der Waals surface area contributed by atoms with Crippen molar-refractivity contribution in [3.63, 3.8) is 0 Å². The first-order chi connectivity index (χ1) is 11.2. The molecule has 0 aromatic carbocycles. The predicted molar refractivity (Wildman–Crippen MR) is 86.9 cm³/mol. The van der Waals surface area contributed by atoms with Crippen molar-refractivity contribution >= 4 is 5.65 Å². The van der Waals surface area contributed by atoms with Crippen molar-refractivity contribution < 1.29 is 4.39 Å².